The van der Waals surface area contributed by atoms with E-state index in [1.54, 1.807) is 6.33 Å². The van der Waals surface area contributed by atoms with Crippen molar-refractivity contribution in [2.75, 3.05) is 0 Å². The zero-order valence-corrected chi connectivity index (χ0v) is 10.2. The van der Waals surface area contributed by atoms with Crippen molar-refractivity contribution < 1.29 is 0 Å². The Morgan fingerprint density at radius 1 is 1.22 bits per heavy atom. The zero-order valence-electron chi connectivity index (χ0n) is 10.2. The van der Waals surface area contributed by atoms with E-state index in [2.05, 4.69) is 32.9 Å². The predicted octanol–water partition coefficient (Wildman–Crippen LogP) is 2.09. The maximum absolute atomic E-state index is 5.62. The molecule has 0 unspecified atom stereocenters. The Morgan fingerprint density at radius 3 is 2.89 bits per heavy atom. The van der Waals surface area contributed by atoms with Gasteiger partial charge in [0.1, 0.15) is 6.33 Å². The number of rotatable bonds is 2. The summed E-state index contributed by atoms with van der Waals surface area (Å²) < 4.78 is 2.11. The first-order chi connectivity index (χ1) is 8.79. The standard InChI is InChI=1S/C14H14N4/c1-18-8-12(11-4-2-3-5-14(11)18)13-6-10(7-15)16-9-17-13/h2-6,8-9H,7,15H2,1H3. The second-order valence-electron chi connectivity index (χ2n) is 4.27. The predicted molar refractivity (Wildman–Crippen MR) is 71.8 cm³/mol. The van der Waals surface area contributed by atoms with Crippen LogP contribution < -0.4 is 5.73 Å². The van der Waals surface area contributed by atoms with Crippen LogP contribution in [0.2, 0.25) is 0 Å². The van der Waals surface area contributed by atoms with Crippen molar-refractivity contribution >= 4 is 10.9 Å². The summed E-state index contributed by atoms with van der Waals surface area (Å²) in [5, 5.41) is 1.20. The van der Waals surface area contributed by atoms with Crippen molar-refractivity contribution in [2.45, 2.75) is 6.54 Å². The highest BCUT2D eigenvalue weighted by Crippen LogP contribution is 2.28. The van der Waals surface area contributed by atoms with E-state index in [0.29, 0.717) is 6.54 Å². The molecule has 0 amide bonds. The van der Waals surface area contributed by atoms with Crippen LogP contribution in [0.1, 0.15) is 5.69 Å². The van der Waals surface area contributed by atoms with Gasteiger partial charge in [-0.15, -0.1) is 0 Å². The van der Waals surface area contributed by atoms with Gasteiger partial charge in [-0.2, -0.15) is 0 Å². The van der Waals surface area contributed by atoms with Gasteiger partial charge in [-0.3, -0.25) is 0 Å². The van der Waals surface area contributed by atoms with E-state index in [1.807, 2.05) is 25.2 Å². The second-order valence-corrected chi connectivity index (χ2v) is 4.27. The highest BCUT2D eigenvalue weighted by Gasteiger charge is 2.09. The quantitative estimate of drug-likeness (QED) is 0.743. The molecule has 2 aromatic heterocycles. The molecule has 2 N–H and O–H groups in total. The van der Waals surface area contributed by atoms with Crippen molar-refractivity contribution in [1.82, 2.24) is 14.5 Å². The largest absolute Gasteiger partial charge is 0.350 e. The molecule has 0 atom stereocenters. The van der Waals surface area contributed by atoms with Gasteiger partial charge in [-0.25, -0.2) is 9.97 Å². The fraction of sp³-hybridized carbons (Fsp3) is 0.143. The first kappa shape index (κ1) is 10.9. The Bertz CT molecular complexity index is 700. The lowest BCUT2D eigenvalue weighted by molar-refractivity contribution is 0.959. The molecular formula is C14H14N4. The summed E-state index contributed by atoms with van der Waals surface area (Å²) in [7, 11) is 2.04. The molecule has 90 valence electrons. The number of hydrogen-bond acceptors (Lipinski definition) is 3. The van der Waals surface area contributed by atoms with Gasteiger partial charge in [-0.1, -0.05) is 18.2 Å². The molecule has 1 aromatic carbocycles. The van der Waals surface area contributed by atoms with Gasteiger partial charge < -0.3 is 10.3 Å². The van der Waals surface area contributed by atoms with Crippen molar-refractivity contribution in [1.29, 1.82) is 0 Å². The highest BCUT2D eigenvalue weighted by molar-refractivity contribution is 5.95. The number of nitrogens with zero attached hydrogens (tertiary/aromatic N) is 3. The molecular weight excluding hydrogens is 224 g/mol. The van der Waals surface area contributed by atoms with Crippen molar-refractivity contribution in [3.63, 3.8) is 0 Å². The molecule has 3 rings (SSSR count). The van der Waals surface area contributed by atoms with Crippen molar-refractivity contribution in [3.8, 4) is 11.3 Å². The second kappa shape index (κ2) is 4.23. The zero-order chi connectivity index (χ0) is 12.5. The summed E-state index contributed by atoms with van der Waals surface area (Å²) in [6.07, 6.45) is 3.66. The topological polar surface area (TPSA) is 56.7 Å². The average molecular weight is 238 g/mol. The molecule has 0 saturated heterocycles. The Labute approximate surface area is 105 Å². The molecule has 0 saturated carbocycles. The van der Waals surface area contributed by atoms with Crippen molar-refractivity contribution in [3.05, 3.63) is 48.5 Å². The molecule has 0 aliphatic rings. The molecule has 0 spiro atoms. The summed E-state index contributed by atoms with van der Waals surface area (Å²) in [6.45, 7) is 0.431. The molecule has 0 aliphatic heterocycles. The van der Waals surface area contributed by atoms with Gasteiger partial charge in [0, 0.05) is 36.3 Å². The smallest absolute Gasteiger partial charge is 0.116 e. The molecule has 18 heavy (non-hydrogen) atoms. The average Bonchev–Trinajstić information content (AvgIpc) is 2.77. The van der Waals surface area contributed by atoms with Crippen molar-refractivity contribution in [2.24, 2.45) is 12.8 Å². The molecule has 0 fully saturated rings. The van der Waals surface area contributed by atoms with E-state index >= 15 is 0 Å². The lowest BCUT2D eigenvalue weighted by Gasteiger charge is -2.00. The monoisotopic (exact) mass is 238 g/mol. The number of aryl methyl sites for hydroxylation is 1. The molecule has 0 bridgehead atoms. The van der Waals surface area contributed by atoms with E-state index in [9.17, 15) is 0 Å². The fourth-order valence-corrected chi connectivity index (χ4v) is 2.20. The van der Waals surface area contributed by atoms with Crippen LogP contribution in [0.5, 0.6) is 0 Å². The van der Waals surface area contributed by atoms with Gasteiger partial charge in [-0.05, 0) is 12.1 Å². The first-order valence-corrected chi connectivity index (χ1v) is 5.85. The molecule has 0 aliphatic carbocycles. The maximum atomic E-state index is 5.62. The minimum Gasteiger partial charge on any atom is -0.350 e. The molecule has 2 heterocycles. The SMILES string of the molecule is Cn1cc(-c2cc(CN)ncn2)c2ccccc21. The molecule has 4 nitrogen and oxygen atoms in total. The van der Waals surface area contributed by atoms with Crippen LogP contribution in [-0.2, 0) is 13.6 Å². The van der Waals surface area contributed by atoms with E-state index in [4.69, 9.17) is 5.73 Å². The van der Waals surface area contributed by atoms with Gasteiger partial charge in [0.2, 0.25) is 0 Å². The third-order valence-electron chi connectivity index (χ3n) is 3.11. The van der Waals surface area contributed by atoms with E-state index < -0.39 is 0 Å². The third kappa shape index (κ3) is 1.67. The Kier molecular flexibility index (Phi) is 2.57. The van der Waals surface area contributed by atoms with Crippen LogP contribution in [0.15, 0.2) is 42.9 Å². The van der Waals surface area contributed by atoms with Crippen LogP contribution in [0, 0.1) is 0 Å². The number of aromatic nitrogens is 3. The van der Waals surface area contributed by atoms with Crippen LogP contribution >= 0.6 is 0 Å². The normalized spacial score (nSPS) is 11.0. The lowest BCUT2D eigenvalue weighted by Crippen LogP contribution is -2.00. The molecule has 4 heteroatoms. The summed E-state index contributed by atoms with van der Waals surface area (Å²) >= 11 is 0. The number of benzene rings is 1. The number of nitrogens with two attached hydrogens (primary N) is 1. The van der Waals surface area contributed by atoms with Crippen LogP contribution in [0.25, 0.3) is 22.2 Å². The number of hydrogen-bond donors (Lipinski definition) is 1. The number of para-hydroxylation sites is 1. The minimum absolute atomic E-state index is 0.431. The summed E-state index contributed by atoms with van der Waals surface area (Å²) in [6, 6.07) is 10.2. The molecule has 3 aromatic rings. The number of fused-ring (bicyclic) bond motifs is 1. The fourth-order valence-electron chi connectivity index (χ4n) is 2.20. The van der Waals surface area contributed by atoms with Gasteiger partial charge in [0.05, 0.1) is 11.4 Å². The van der Waals surface area contributed by atoms with E-state index in [1.165, 1.54) is 10.9 Å². The maximum Gasteiger partial charge on any atom is 0.116 e. The summed E-state index contributed by atoms with van der Waals surface area (Å²) in [4.78, 5) is 8.47. The van der Waals surface area contributed by atoms with E-state index in [-0.39, 0.29) is 0 Å². The highest BCUT2D eigenvalue weighted by atomic mass is 14.9. The van der Waals surface area contributed by atoms with Gasteiger partial charge in [0.15, 0.2) is 0 Å². The van der Waals surface area contributed by atoms with E-state index in [0.717, 1.165) is 17.0 Å². The Morgan fingerprint density at radius 2 is 2.06 bits per heavy atom. The first-order valence-electron chi connectivity index (χ1n) is 5.85. The summed E-state index contributed by atoms with van der Waals surface area (Å²) in [5.74, 6) is 0. The van der Waals surface area contributed by atoms with Crippen LogP contribution in [0.4, 0.5) is 0 Å². The Balaban J connectivity index is 2.25. The third-order valence-corrected chi connectivity index (χ3v) is 3.11. The Hall–Kier alpha value is -2.20. The summed E-state index contributed by atoms with van der Waals surface area (Å²) in [5.41, 5.74) is 9.70. The lowest BCUT2D eigenvalue weighted by atomic mass is 10.1. The van der Waals surface area contributed by atoms with Crippen LogP contribution in [0.3, 0.4) is 0 Å². The molecule has 0 radical (unpaired) electrons. The van der Waals surface area contributed by atoms with Gasteiger partial charge in [0.25, 0.3) is 0 Å². The minimum atomic E-state index is 0.431. The van der Waals surface area contributed by atoms with Gasteiger partial charge >= 0.3 is 0 Å². The van der Waals surface area contributed by atoms with Crippen LogP contribution in [-0.4, -0.2) is 14.5 Å².